The first-order chi connectivity index (χ1) is 9.13. The van der Waals surface area contributed by atoms with Gasteiger partial charge in [0.2, 0.25) is 0 Å². The molecule has 1 N–H and O–H groups in total. The van der Waals surface area contributed by atoms with Crippen LogP contribution in [0.15, 0.2) is 30.3 Å². The lowest BCUT2D eigenvalue weighted by atomic mass is 10.0. The van der Waals surface area contributed by atoms with Crippen molar-refractivity contribution in [3.63, 3.8) is 0 Å². The van der Waals surface area contributed by atoms with Gasteiger partial charge in [0.1, 0.15) is 6.04 Å². The summed E-state index contributed by atoms with van der Waals surface area (Å²) in [5.41, 5.74) is 0.975. The van der Waals surface area contributed by atoms with Gasteiger partial charge in [0.25, 0.3) is 0 Å². The van der Waals surface area contributed by atoms with Crippen molar-refractivity contribution in [2.75, 3.05) is 13.7 Å². The van der Waals surface area contributed by atoms with Crippen molar-refractivity contribution in [3.8, 4) is 11.8 Å². The van der Waals surface area contributed by atoms with E-state index in [1.54, 1.807) is 0 Å². The Labute approximate surface area is 115 Å². The molecule has 1 atom stereocenters. The van der Waals surface area contributed by atoms with Crippen LogP contribution in [0.1, 0.15) is 25.8 Å². The molecule has 0 fully saturated rings. The summed E-state index contributed by atoms with van der Waals surface area (Å²) in [6.07, 6.45) is 0.750. The Kier molecular flexibility index (Phi) is 6.70. The molecule has 1 rings (SSSR count). The maximum atomic E-state index is 11.6. The number of methoxy groups -OCH3 is 1. The van der Waals surface area contributed by atoms with E-state index in [0.29, 0.717) is 12.5 Å². The van der Waals surface area contributed by atoms with Gasteiger partial charge in [0.05, 0.1) is 13.7 Å². The minimum Gasteiger partial charge on any atom is -0.468 e. The third-order valence-electron chi connectivity index (χ3n) is 2.64. The third-order valence-corrected chi connectivity index (χ3v) is 2.64. The molecule has 0 aliphatic carbocycles. The fourth-order valence-corrected chi connectivity index (χ4v) is 1.72. The summed E-state index contributed by atoms with van der Waals surface area (Å²) in [6, 6.07) is 9.49. The predicted molar refractivity (Wildman–Crippen MR) is 76.6 cm³/mol. The van der Waals surface area contributed by atoms with Gasteiger partial charge in [-0.3, -0.25) is 10.1 Å². The summed E-state index contributed by atoms with van der Waals surface area (Å²) in [7, 11) is 1.41. The molecule has 3 heteroatoms. The summed E-state index contributed by atoms with van der Waals surface area (Å²) in [5, 5.41) is 3.12. The molecule has 3 nitrogen and oxygen atoms in total. The Bertz CT molecular complexity index is 443. The number of esters is 1. The van der Waals surface area contributed by atoms with Crippen LogP contribution in [0.25, 0.3) is 0 Å². The SMILES string of the molecule is COC(=O)C(CC(C)C)NCC#Cc1ccccc1. The molecule has 0 radical (unpaired) electrons. The van der Waals surface area contributed by atoms with Crippen molar-refractivity contribution >= 4 is 5.97 Å². The molecular formula is C16H21NO2. The number of benzene rings is 1. The summed E-state index contributed by atoms with van der Waals surface area (Å²) in [6.45, 7) is 4.63. The minimum absolute atomic E-state index is 0.227. The van der Waals surface area contributed by atoms with Crippen LogP contribution in [-0.4, -0.2) is 25.7 Å². The Hall–Kier alpha value is -1.79. The van der Waals surface area contributed by atoms with E-state index in [1.165, 1.54) is 7.11 Å². The van der Waals surface area contributed by atoms with Gasteiger partial charge in [-0.2, -0.15) is 0 Å². The maximum Gasteiger partial charge on any atom is 0.322 e. The predicted octanol–water partition coefficient (Wildman–Crippen LogP) is 2.22. The first-order valence-electron chi connectivity index (χ1n) is 6.48. The Morgan fingerprint density at radius 2 is 2.00 bits per heavy atom. The maximum absolute atomic E-state index is 11.6. The second-order valence-electron chi connectivity index (χ2n) is 4.75. The van der Waals surface area contributed by atoms with Crippen LogP contribution >= 0.6 is 0 Å². The van der Waals surface area contributed by atoms with E-state index in [-0.39, 0.29) is 12.0 Å². The summed E-state index contributed by atoms with van der Waals surface area (Å²) < 4.78 is 4.78. The van der Waals surface area contributed by atoms with E-state index in [2.05, 4.69) is 31.0 Å². The van der Waals surface area contributed by atoms with E-state index >= 15 is 0 Å². The minimum atomic E-state index is -0.282. The zero-order valence-electron chi connectivity index (χ0n) is 11.8. The van der Waals surface area contributed by atoms with Gasteiger partial charge < -0.3 is 4.74 Å². The number of ether oxygens (including phenoxy) is 1. The van der Waals surface area contributed by atoms with Gasteiger partial charge >= 0.3 is 5.97 Å². The molecule has 0 saturated heterocycles. The number of carbonyl (C=O) groups is 1. The lowest BCUT2D eigenvalue weighted by molar-refractivity contribution is -0.143. The molecule has 0 aromatic heterocycles. The topological polar surface area (TPSA) is 38.3 Å². The quantitative estimate of drug-likeness (QED) is 0.651. The highest BCUT2D eigenvalue weighted by Gasteiger charge is 2.18. The Morgan fingerprint density at radius 3 is 2.58 bits per heavy atom. The van der Waals surface area contributed by atoms with Gasteiger partial charge in [-0.25, -0.2) is 0 Å². The van der Waals surface area contributed by atoms with E-state index in [1.807, 2.05) is 30.3 Å². The second kappa shape index (κ2) is 8.34. The molecular weight excluding hydrogens is 238 g/mol. The average Bonchev–Trinajstić information content (AvgIpc) is 2.42. The van der Waals surface area contributed by atoms with Gasteiger partial charge in [0, 0.05) is 5.56 Å². The molecule has 1 unspecified atom stereocenters. The highest BCUT2D eigenvalue weighted by Crippen LogP contribution is 2.05. The van der Waals surface area contributed by atoms with Crippen LogP contribution in [0.2, 0.25) is 0 Å². The van der Waals surface area contributed by atoms with Crippen molar-refractivity contribution in [1.29, 1.82) is 0 Å². The Morgan fingerprint density at radius 1 is 1.32 bits per heavy atom. The van der Waals surface area contributed by atoms with Crippen molar-refractivity contribution in [2.24, 2.45) is 5.92 Å². The van der Waals surface area contributed by atoms with Crippen LogP contribution in [0.3, 0.4) is 0 Å². The molecule has 0 aliphatic heterocycles. The Balaban J connectivity index is 2.48. The summed E-state index contributed by atoms with van der Waals surface area (Å²) >= 11 is 0. The smallest absolute Gasteiger partial charge is 0.322 e. The van der Waals surface area contributed by atoms with Gasteiger partial charge in [-0.05, 0) is 24.5 Å². The number of rotatable bonds is 5. The molecule has 0 bridgehead atoms. The van der Waals surface area contributed by atoms with Crippen LogP contribution in [-0.2, 0) is 9.53 Å². The number of hydrogen-bond donors (Lipinski definition) is 1. The average molecular weight is 259 g/mol. The van der Waals surface area contributed by atoms with E-state index in [9.17, 15) is 4.79 Å². The van der Waals surface area contributed by atoms with E-state index < -0.39 is 0 Å². The van der Waals surface area contributed by atoms with Crippen molar-refractivity contribution in [2.45, 2.75) is 26.3 Å². The van der Waals surface area contributed by atoms with Crippen LogP contribution in [0, 0.1) is 17.8 Å². The highest BCUT2D eigenvalue weighted by atomic mass is 16.5. The lowest BCUT2D eigenvalue weighted by Crippen LogP contribution is -2.38. The first-order valence-corrected chi connectivity index (χ1v) is 6.48. The van der Waals surface area contributed by atoms with E-state index in [4.69, 9.17) is 4.74 Å². The second-order valence-corrected chi connectivity index (χ2v) is 4.75. The van der Waals surface area contributed by atoms with Gasteiger partial charge in [0.15, 0.2) is 0 Å². The van der Waals surface area contributed by atoms with Crippen LogP contribution in [0.4, 0.5) is 0 Å². The fourth-order valence-electron chi connectivity index (χ4n) is 1.72. The molecule has 102 valence electrons. The first kappa shape index (κ1) is 15.3. The summed E-state index contributed by atoms with van der Waals surface area (Å²) in [4.78, 5) is 11.6. The molecule has 19 heavy (non-hydrogen) atoms. The van der Waals surface area contributed by atoms with Crippen LogP contribution in [0.5, 0.6) is 0 Å². The molecule has 0 heterocycles. The monoisotopic (exact) mass is 259 g/mol. The van der Waals surface area contributed by atoms with Gasteiger partial charge in [-0.1, -0.05) is 43.9 Å². The molecule has 0 amide bonds. The highest BCUT2D eigenvalue weighted by molar-refractivity contribution is 5.75. The van der Waals surface area contributed by atoms with Crippen molar-refractivity contribution < 1.29 is 9.53 Å². The number of hydrogen-bond acceptors (Lipinski definition) is 3. The van der Waals surface area contributed by atoms with Crippen LogP contribution < -0.4 is 5.32 Å². The van der Waals surface area contributed by atoms with Gasteiger partial charge in [-0.15, -0.1) is 0 Å². The molecule has 1 aromatic carbocycles. The third kappa shape index (κ3) is 6.08. The lowest BCUT2D eigenvalue weighted by Gasteiger charge is -2.16. The summed E-state index contributed by atoms with van der Waals surface area (Å²) in [5.74, 6) is 6.26. The molecule has 0 saturated carbocycles. The largest absolute Gasteiger partial charge is 0.468 e. The normalized spacial score (nSPS) is 11.6. The molecule has 0 aliphatic rings. The zero-order valence-corrected chi connectivity index (χ0v) is 11.8. The van der Waals surface area contributed by atoms with Crippen molar-refractivity contribution in [3.05, 3.63) is 35.9 Å². The number of nitrogens with one attached hydrogen (secondary N) is 1. The van der Waals surface area contributed by atoms with E-state index in [0.717, 1.165) is 12.0 Å². The zero-order chi connectivity index (χ0) is 14.1. The molecule has 1 aromatic rings. The standard InChI is InChI=1S/C16H21NO2/c1-13(2)12-15(16(18)19-3)17-11-7-10-14-8-5-4-6-9-14/h4-6,8-9,13,15,17H,11-12H2,1-3H3. The fraction of sp³-hybridized carbons (Fsp3) is 0.438. The van der Waals surface area contributed by atoms with Crippen molar-refractivity contribution in [1.82, 2.24) is 5.32 Å². The number of carbonyl (C=O) groups excluding carboxylic acids is 1. The molecule has 0 spiro atoms.